The van der Waals surface area contributed by atoms with Crippen molar-refractivity contribution < 1.29 is 28.3 Å². The number of nitrogens with one attached hydrogen (secondary N) is 1. The van der Waals surface area contributed by atoms with Gasteiger partial charge in [0, 0.05) is 18.2 Å². The highest BCUT2D eigenvalue weighted by molar-refractivity contribution is 8.13. The summed E-state index contributed by atoms with van der Waals surface area (Å²) in [6, 6.07) is 9.45. The van der Waals surface area contributed by atoms with E-state index in [0.29, 0.717) is 17.6 Å². The summed E-state index contributed by atoms with van der Waals surface area (Å²) in [5.41, 5.74) is 6.71. The van der Waals surface area contributed by atoms with Gasteiger partial charge in [-0.3, -0.25) is 18.4 Å². The number of benzene rings is 1. The largest absolute Gasteiger partial charge is 0.405 e. The van der Waals surface area contributed by atoms with E-state index in [2.05, 4.69) is 20.0 Å². The summed E-state index contributed by atoms with van der Waals surface area (Å²) < 4.78 is 33.2. The van der Waals surface area contributed by atoms with Crippen LogP contribution in [0.15, 0.2) is 36.7 Å². The van der Waals surface area contributed by atoms with Crippen LogP contribution in [0, 0.1) is 11.3 Å². The van der Waals surface area contributed by atoms with Crippen molar-refractivity contribution in [1.82, 2.24) is 24.6 Å². The number of halogens is 1. The fourth-order valence-electron chi connectivity index (χ4n) is 4.09. The molecule has 1 aromatic carbocycles. The van der Waals surface area contributed by atoms with E-state index in [-0.39, 0.29) is 60.4 Å². The summed E-state index contributed by atoms with van der Waals surface area (Å²) in [7, 11) is -3.77. The average Bonchev–Trinajstić information content (AvgIpc) is 3.52. The van der Waals surface area contributed by atoms with E-state index in [1.54, 1.807) is 24.7 Å². The number of fused-ring (bicyclic) bond motifs is 1. The number of ether oxygens (including phenoxy) is 1. The van der Waals surface area contributed by atoms with Gasteiger partial charge in [0.15, 0.2) is 15.9 Å². The number of hydrogen-bond donors (Lipinski definition) is 3. The molecule has 40 heavy (non-hydrogen) atoms. The SMILES string of the molecule is C[C@H]1C[C@@H](CO[P@](=O)(NCc2ccccc2)OCCSC(=O)C(C)(C)CO)O[C@H]1n1cnc2c(Cl)nc(N)nc21. The second-order valence-electron chi connectivity index (χ2n) is 10.2. The van der Waals surface area contributed by atoms with E-state index < -0.39 is 19.4 Å². The smallest absolute Gasteiger partial charge is 0.395 e. The molecule has 0 bridgehead atoms. The maximum atomic E-state index is 13.7. The van der Waals surface area contributed by atoms with E-state index in [0.717, 1.165) is 17.3 Å². The van der Waals surface area contributed by atoms with Crippen molar-refractivity contribution in [3.63, 3.8) is 0 Å². The molecule has 3 aromatic rings. The third-order valence-corrected chi connectivity index (χ3v) is 9.41. The Balaban J connectivity index is 1.39. The molecule has 0 radical (unpaired) electrons. The number of nitrogen functional groups attached to an aromatic ring is 1. The van der Waals surface area contributed by atoms with Gasteiger partial charge in [-0.25, -0.2) is 14.6 Å². The molecular formula is C25H34ClN6O6PS. The zero-order valence-corrected chi connectivity index (χ0v) is 25.0. The molecule has 15 heteroatoms. The Morgan fingerprint density at radius 2 is 2.08 bits per heavy atom. The molecule has 1 saturated heterocycles. The summed E-state index contributed by atoms with van der Waals surface area (Å²) in [4.78, 5) is 24.8. The van der Waals surface area contributed by atoms with Crippen LogP contribution in [0.4, 0.5) is 5.95 Å². The van der Waals surface area contributed by atoms with Crippen molar-refractivity contribution in [2.45, 2.75) is 46.1 Å². The highest BCUT2D eigenvalue weighted by Gasteiger charge is 2.37. The van der Waals surface area contributed by atoms with Gasteiger partial charge in [-0.05, 0) is 25.8 Å². The number of anilines is 1. The van der Waals surface area contributed by atoms with E-state index in [4.69, 9.17) is 31.1 Å². The minimum atomic E-state index is -3.77. The first-order valence-corrected chi connectivity index (χ1v) is 15.7. The molecule has 0 unspecified atom stereocenters. The first-order valence-electron chi connectivity index (χ1n) is 12.8. The number of thioether (sulfide) groups is 1. The predicted molar refractivity (Wildman–Crippen MR) is 154 cm³/mol. The third kappa shape index (κ3) is 7.59. The van der Waals surface area contributed by atoms with E-state index >= 15 is 0 Å². The van der Waals surface area contributed by atoms with Crippen LogP contribution >= 0.6 is 31.1 Å². The van der Waals surface area contributed by atoms with E-state index in [1.807, 2.05) is 37.3 Å². The highest BCUT2D eigenvalue weighted by atomic mass is 35.5. The summed E-state index contributed by atoms with van der Waals surface area (Å²) in [6.45, 7) is 5.36. The van der Waals surface area contributed by atoms with Crippen LogP contribution in [0.3, 0.4) is 0 Å². The average molecular weight is 613 g/mol. The van der Waals surface area contributed by atoms with Crippen LogP contribution < -0.4 is 10.8 Å². The predicted octanol–water partition coefficient (Wildman–Crippen LogP) is 4.19. The molecule has 4 atom stereocenters. The molecule has 218 valence electrons. The highest BCUT2D eigenvalue weighted by Crippen LogP contribution is 2.46. The lowest BCUT2D eigenvalue weighted by atomic mass is 9.97. The monoisotopic (exact) mass is 612 g/mol. The van der Waals surface area contributed by atoms with Gasteiger partial charge < -0.3 is 15.6 Å². The fraction of sp³-hybridized carbons (Fsp3) is 0.520. The third-order valence-electron chi connectivity index (χ3n) is 6.40. The zero-order chi connectivity index (χ0) is 28.9. The van der Waals surface area contributed by atoms with Crippen molar-refractivity contribution in [1.29, 1.82) is 0 Å². The van der Waals surface area contributed by atoms with Gasteiger partial charge in [0.25, 0.3) is 0 Å². The molecule has 2 aromatic heterocycles. The van der Waals surface area contributed by atoms with Gasteiger partial charge in [-0.1, -0.05) is 60.6 Å². The molecule has 12 nitrogen and oxygen atoms in total. The maximum absolute atomic E-state index is 13.7. The van der Waals surface area contributed by atoms with Crippen molar-refractivity contribution in [3.05, 3.63) is 47.4 Å². The van der Waals surface area contributed by atoms with Crippen molar-refractivity contribution in [2.24, 2.45) is 11.3 Å². The first kappa shape index (κ1) is 30.9. The van der Waals surface area contributed by atoms with Gasteiger partial charge in [0.1, 0.15) is 11.7 Å². The van der Waals surface area contributed by atoms with Crippen molar-refractivity contribution in [3.8, 4) is 0 Å². The topological polar surface area (TPSA) is 164 Å². The Labute approximate surface area is 241 Å². The quantitative estimate of drug-likeness (QED) is 0.143. The Bertz CT molecular complexity index is 1360. The lowest BCUT2D eigenvalue weighted by Crippen LogP contribution is -2.26. The minimum absolute atomic E-state index is 0.00441. The molecule has 0 spiro atoms. The first-order chi connectivity index (χ1) is 19.0. The van der Waals surface area contributed by atoms with Crippen molar-refractivity contribution >= 4 is 53.3 Å². The number of nitrogens with two attached hydrogens (primary N) is 1. The standard InChI is InChI=1S/C25H34ClN6O6PS/c1-16-11-18(38-22(16)32-15-28-19-20(26)30-24(27)31-21(19)32)13-37-39(35,29-12-17-7-5-4-6-8-17)36-9-10-40-23(34)25(2,3)14-33/h4-8,15-16,18,22,33H,9-14H2,1-3H3,(H,29,35)(H2,27,30,31)/t16-,18-,22+,39-/m0/s1. The Kier molecular flexibility index (Phi) is 10.2. The zero-order valence-electron chi connectivity index (χ0n) is 22.5. The van der Waals surface area contributed by atoms with Crippen molar-refractivity contribution in [2.75, 3.05) is 31.3 Å². The van der Waals surface area contributed by atoms with Gasteiger partial charge in [-0.2, -0.15) is 9.97 Å². The van der Waals surface area contributed by atoms with Crippen LogP contribution in [0.1, 0.15) is 39.0 Å². The number of rotatable bonds is 13. The van der Waals surface area contributed by atoms with Crippen LogP contribution in [-0.4, -0.2) is 61.4 Å². The Morgan fingerprint density at radius 1 is 1.32 bits per heavy atom. The van der Waals surface area contributed by atoms with Crippen LogP contribution in [-0.2, 0) is 29.7 Å². The van der Waals surface area contributed by atoms with E-state index in [9.17, 15) is 14.5 Å². The van der Waals surface area contributed by atoms with Crippen LogP contribution in [0.2, 0.25) is 5.15 Å². The molecule has 4 rings (SSSR count). The Hall–Kier alpha value is -2.09. The second kappa shape index (κ2) is 13.3. The van der Waals surface area contributed by atoms with E-state index in [1.165, 1.54) is 0 Å². The van der Waals surface area contributed by atoms with Gasteiger partial charge >= 0.3 is 7.75 Å². The second-order valence-corrected chi connectivity index (χ2v) is 13.4. The molecule has 3 heterocycles. The summed E-state index contributed by atoms with van der Waals surface area (Å²) in [6.07, 6.45) is 1.40. The molecule has 0 saturated carbocycles. The number of aliphatic hydroxyl groups is 1. The fourth-order valence-corrected chi connectivity index (χ4v) is 6.57. The number of carbonyl (C=O) groups is 1. The molecule has 0 aliphatic carbocycles. The number of aromatic nitrogens is 4. The summed E-state index contributed by atoms with van der Waals surface area (Å²) in [5, 5.41) is 12.3. The molecule has 1 aliphatic heterocycles. The number of imidazole rings is 1. The molecule has 1 fully saturated rings. The number of carbonyl (C=O) groups excluding carboxylic acids is 1. The maximum Gasteiger partial charge on any atom is 0.405 e. The summed E-state index contributed by atoms with van der Waals surface area (Å²) in [5.74, 6) is 0.339. The van der Waals surface area contributed by atoms with Crippen LogP contribution in [0.25, 0.3) is 11.2 Å². The normalized spacial score (nSPS) is 21.1. The number of aliphatic hydroxyl groups excluding tert-OH is 1. The molecule has 0 amide bonds. The van der Waals surface area contributed by atoms with Gasteiger partial charge in [0.05, 0.1) is 37.7 Å². The Morgan fingerprint density at radius 3 is 2.80 bits per heavy atom. The molecular weight excluding hydrogens is 579 g/mol. The summed E-state index contributed by atoms with van der Waals surface area (Å²) >= 11 is 7.19. The number of hydrogen-bond acceptors (Lipinski definition) is 11. The molecule has 1 aliphatic rings. The minimum Gasteiger partial charge on any atom is -0.395 e. The van der Waals surface area contributed by atoms with Crippen LogP contribution in [0.5, 0.6) is 0 Å². The van der Waals surface area contributed by atoms with Gasteiger partial charge in [0.2, 0.25) is 5.95 Å². The lowest BCUT2D eigenvalue weighted by molar-refractivity contribution is -0.119. The molecule has 4 N–H and O–H groups in total. The lowest BCUT2D eigenvalue weighted by Gasteiger charge is -2.22. The van der Waals surface area contributed by atoms with Gasteiger partial charge in [-0.15, -0.1) is 0 Å². The number of nitrogens with zero attached hydrogens (tertiary/aromatic N) is 4.